The summed E-state index contributed by atoms with van der Waals surface area (Å²) in [6.45, 7) is 0. The van der Waals surface area contributed by atoms with Crippen LogP contribution in [0.5, 0.6) is 0 Å². The molecule has 0 radical (unpaired) electrons. The lowest BCUT2D eigenvalue weighted by Crippen LogP contribution is -2.00. The number of nitrogens with zero attached hydrogens (tertiary/aromatic N) is 4. The van der Waals surface area contributed by atoms with Gasteiger partial charge < -0.3 is 4.57 Å². The highest BCUT2D eigenvalue weighted by Crippen LogP contribution is 2.43. The number of rotatable bonds is 5. The van der Waals surface area contributed by atoms with E-state index in [2.05, 4.69) is 138 Å². The van der Waals surface area contributed by atoms with Crippen molar-refractivity contribution in [3.8, 4) is 51.0 Å². The summed E-state index contributed by atoms with van der Waals surface area (Å²) in [7, 11) is 0. The molecule has 10 aromatic rings. The van der Waals surface area contributed by atoms with E-state index in [0.29, 0.717) is 17.5 Å². The number of fused-ring (bicyclic) bond motifs is 7. The standard InChI is InChI=1S/C45H28N4S/c1-3-12-29(13-4-1)32-16-11-17-33(28-32)45-47-43(30-14-5-2-6-15-30)46-44(48-45)31-22-24-34(25-23-31)49-38-20-9-7-18-35(38)36-26-27-40-41(42(36)49)37-19-8-10-21-39(37)50-40/h1-28H. The molecule has 0 atom stereocenters. The van der Waals surface area contributed by atoms with Gasteiger partial charge in [0.2, 0.25) is 0 Å². The van der Waals surface area contributed by atoms with Crippen molar-refractivity contribution in [1.82, 2.24) is 19.5 Å². The minimum atomic E-state index is 0.638. The maximum atomic E-state index is 5.07. The van der Waals surface area contributed by atoms with Gasteiger partial charge in [0.1, 0.15) is 0 Å². The minimum absolute atomic E-state index is 0.638. The topological polar surface area (TPSA) is 43.6 Å². The van der Waals surface area contributed by atoms with Crippen molar-refractivity contribution in [1.29, 1.82) is 0 Å². The molecule has 4 nitrogen and oxygen atoms in total. The zero-order valence-electron chi connectivity index (χ0n) is 26.9. The lowest BCUT2D eigenvalue weighted by Gasteiger charge is -2.12. The second kappa shape index (κ2) is 11.6. The molecule has 50 heavy (non-hydrogen) atoms. The average Bonchev–Trinajstić information content (AvgIpc) is 3.74. The summed E-state index contributed by atoms with van der Waals surface area (Å²) < 4.78 is 5.01. The SMILES string of the molecule is c1ccc(-c2cccc(-c3nc(-c4ccccc4)nc(-c4ccc(-n5c6ccccc6c6ccc7sc8ccccc8c7c65)cc4)n3)c2)cc1. The van der Waals surface area contributed by atoms with Crippen LogP contribution in [0.15, 0.2) is 170 Å². The first-order chi connectivity index (χ1) is 24.8. The normalized spacial score (nSPS) is 11.6. The lowest BCUT2D eigenvalue weighted by molar-refractivity contribution is 1.07. The van der Waals surface area contributed by atoms with Gasteiger partial charge in [-0.3, -0.25) is 0 Å². The molecule has 0 fully saturated rings. The second-order valence-electron chi connectivity index (χ2n) is 12.5. The third kappa shape index (κ3) is 4.71. The minimum Gasteiger partial charge on any atom is -0.309 e. The molecule has 0 saturated heterocycles. The number of para-hydroxylation sites is 1. The quantitative estimate of drug-likeness (QED) is 0.185. The Kier molecular flexibility index (Phi) is 6.64. The van der Waals surface area contributed by atoms with Crippen LogP contribution in [0.25, 0.3) is 93.0 Å². The highest BCUT2D eigenvalue weighted by Gasteiger charge is 2.19. The Balaban J connectivity index is 1.14. The summed E-state index contributed by atoms with van der Waals surface area (Å²) in [5.74, 6) is 1.93. The van der Waals surface area contributed by atoms with Crippen LogP contribution in [0.3, 0.4) is 0 Å². The molecule has 0 aliphatic carbocycles. The molecule has 7 aromatic carbocycles. The molecule has 10 rings (SSSR count). The highest BCUT2D eigenvalue weighted by atomic mass is 32.1. The molecule has 234 valence electrons. The fourth-order valence-corrected chi connectivity index (χ4v) is 8.22. The van der Waals surface area contributed by atoms with Crippen molar-refractivity contribution in [3.63, 3.8) is 0 Å². The van der Waals surface area contributed by atoms with E-state index in [1.807, 2.05) is 47.7 Å². The van der Waals surface area contributed by atoms with Crippen molar-refractivity contribution in [2.75, 3.05) is 0 Å². The summed E-state index contributed by atoms with van der Waals surface area (Å²) in [4.78, 5) is 15.1. The summed E-state index contributed by atoms with van der Waals surface area (Å²) in [6, 6.07) is 59.6. The number of hydrogen-bond donors (Lipinski definition) is 0. The van der Waals surface area contributed by atoms with E-state index in [9.17, 15) is 0 Å². The van der Waals surface area contributed by atoms with Gasteiger partial charge in [0, 0.05) is 53.3 Å². The van der Waals surface area contributed by atoms with Gasteiger partial charge in [-0.05, 0) is 59.7 Å². The van der Waals surface area contributed by atoms with Crippen molar-refractivity contribution >= 4 is 53.3 Å². The number of aromatic nitrogens is 4. The van der Waals surface area contributed by atoms with Crippen molar-refractivity contribution in [3.05, 3.63) is 170 Å². The van der Waals surface area contributed by atoms with E-state index in [4.69, 9.17) is 15.0 Å². The second-order valence-corrected chi connectivity index (χ2v) is 13.5. The van der Waals surface area contributed by atoms with Gasteiger partial charge in [0.05, 0.1) is 11.0 Å². The number of benzene rings is 7. The molecule has 3 aromatic heterocycles. The zero-order chi connectivity index (χ0) is 33.0. The largest absolute Gasteiger partial charge is 0.309 e. The van der Waals surface area contributed by atoms with Crippen LogP contribution >= 0.6 is 11.3 Å². The molecule has 0 spiro atoms. The van der Waals surface area contributed by atoms with Gasteiger partial charge in [-0.25, -0.2) is 15.0 Å². The maximum Gasteiger partial charge on any atom is 0.164 e. The molecule has 0 aliphatic rings. The first-order valence-electron chi connectivity index (χ1n) is 16.7. The summed E-state index contributed by atoms with van der Waals surface area (Å²) in [5.41, 5.74) is 8.61. The maximum absolute atomic E-state index is 5.07. The Morgan fingerprint density at radius 1 is 0.380 bits per heavy atom. The van der Waals surface area contributed by atoms with Crippen molar-refractivity contribution < 1.29 is 0 Å². The van der Waals surface area contributed by atoms with Crippen LogP contribution in [0.2, 0.25) is 0 Å². The predicted molar refractivity (Wildman–Crippen MR) is 209 cm³/mol. The van der Waals surface area contributed by atoms with Crippen LogP contribution in [0.4, 0.5) is 0 Å². The molecule has 0 saturated carbocycles. The lowest BCUT2D eigenvalue weighted by atomic mass is 10.0. The molecule has 0 unspecified atom stereocenters. The molecule has 0 amide bonds. The third-order valence-corrected chi connectivity index (χ3v) is 10.6. The van der Waals surface area contributed by atoms with Crippen molar-refractivity contribution in [2.24, 2.45) is 0 Å². The third-order valence-electron chi connectivity index (χ3n) is 9.45. The van der Waals surface area contributed by atoms with Gasteiger partial charge in [0.15, 0.2) is 17.5 Å². The van der Waals surface area contributed by atoms with Gasteiger partial charge in [0.25, 0.3) is 0 Å². The van der Waals surface area contributed by atoms with Crippen LogP contribution in [0.1, 0.15) is 0 Å². The fraction of sp³-hybridized carbons (Fsp3) is 0. The molecule has 3 heterocycles. The Bertz CT molecular complexity index is 2850. The highest BCUT2D eigenvalue weighted by molar-refractivity contribution is 7.26. The summed E-state index contributed by atoms with van der Waals surface area (Å²) in [6.07, 6.45) is 0. The van der Waals surface area contributed by atoms with E-state index in [1.54, 1.807) is 0 Å². The molecule has 0 N–H and O–H groups in total. The molecular weight excluding hydrogens is 629 g/mol. The Labute approximate surface area is 292 Å². The van der Waals surface area contributed by atoms with Crippen LogP contribution in [0, 0.1) is 0 Å². The smallest absolute Gasteiger partial charge is 0.164 e. The van der Waals surface area contributed by atoms with Gasteiger partial charge in [-0.2, -0.15) is 0 Å². The Morgan fingerprint density at radius 3 is 1.72 bits per heavy atom. The zero-order valence-corrected chi connectivity index (χ0v) is 27.7. The summed E-state index contributed by atoms with van der Waals surface area (Å²) in [5, 5.41) is 5.10. The molecule has 0 bridgehead atoms. The fourth-order valence-electron chi connectivity index (χ4n) is 7.11. The van der Waals surface area contributed by atoms with Gasteiger partial charge >= 0.3 is 0 Å². The molecular formula is C45H28N4S. The first kappa shape index (κ1) is 28.6. The van der Waals surface area contributed by atoms with E-state index < -0.39 is 0 Å². The van der Waals surface area contributed by atoms with Crippen LogP contribution in [-0.4, -0.2) is 19.5 Å². The molecule has 5 heteroatoms. The van der Waals surface area contributed by atoms with Crippen LogP contribution in [-0.2, 0) is 0 Å². The van der Waals surface area contributed by atoms with Gasteiger partial charge in [-0.15, -0.1) is 11.3 Å². The monoisotopic (exact) mass is 656 g/mol. The van der Waals surface area contributed by atoms with E-state index >= 15 is 0 Å². The Hall–Kier alpha value is -6.43. The predicted octanol–water partition coefficient (Wildman–Crippen LogP) is 12.0. The number of thiophene rings is 1. The average molecular weight is 657 g/mol. The molecule has 0 aliphatic heterocycles. The van der Waals surface area contributed by atoms with Crippen LogP contribution < -0.4 is 0 Å². The van der Waals surface area contributed by atoms with E-state index in [-0.39, 0.29) is 0 Å². The van der Waals surface area contributed by atoms with Gasteiger partial charge in [-0.1, -0.05) is 121 Å². The Morgan fingerprint density at radius 2 is 0.960 bits per heavy atom. The number of hydrogen-bond acceptors (Lipinski definition) is 4. The first-order valence-corrected chi connectivity index (χ1v) is 17.5. The summed E-state index contributed by atoms with van der Waals surface area (Å²) >= 11 is 1.85. The van der Waals surface area contributed by atoms with Crippen molar-refractivity contribution in [2.45, 2.75) is 0 Å². The van der Waals surface area contributed by atoms with E-state index in [1.165, 1.54) is 42.0 Å². The van der Waals surface area contributed by atoms with E-state index in [0.717, 1.165) is 33.5 Å².